The van der Waals surface area contributed by atoms with Crippen LogP contribution in [0.15, 0.2) is 23.8 Å². The Morgan fingerprint density at radius 1 is 1.13 bits per heavy atom. The first-order valence-electron chi connectivity index (χ1n) is 10.7. The molecule has 2 unspecified atom stereocenters. The monoisotopic (exact) mass is 416 g/mol. The van der Waals surface area contributed by atoms with Gasteiger partial charge in [0.2, 0.25) is 0 Å². The van der Waals surface area contributed by atoms with E-state index in [0.29, 0.717) is 29.0 Å². The van der Waals surface area contributed by atoms with Crippen LogP contribution in [-0.2, 0) is 11.3 Å². The number of carbonyl (C=O) groups excluding carboxylic acids is 1. The van der Waals surface area contributed by atoms with Gasteiger partial charge in [0.1, 0.15) is 23.0 Å². The molecule has 1 aromatic carbocycles. The van der Waals surface area contributed by atoms with E-state index < -0.39 is 23.1 Å². The summed E-state index contributed by atoms with van der Waals surface area (Å²) in [6.07, 6.45) is 3.73. The van der Waals surface area contributed by atoms with E-state index >= 15 is 0 Å². The van der Waals surface area contributed by atoms with Crippen molar-refractivity contribution in [1.82, 2.24) is 0 Å². The molecule has 0 aliphatic heterocycles. The largest absolute Gasteiger partial charge is 0.507 e. The number of fused-ring (bicyclic) bond motifs is 3. The number of aromatic hydroxyl groups is 1. The standard InChI is InChI=1S/C24H32O6/c1-13-5-14(11-25)6-18(27)20(13)21(28)30-19-10-23(4)17-9-22(2,3)8-15(17)7-16(12-26)24(19,23)29/h5-7,15,17,19,25-27,29H,8-12H2,1-4H3/t15?,17?,19-,23-,24+/m1/s1. The van der Waals surface area contributed by atoms with Crippen LogP contribution in [0, 0.1) is 29.6 Å². The molecule has 164 valence electrons. The van der Waals surface area contributed by atoms with Gasteiger partial charge in [-0.15, -0.1) is 0 Å². The number of phenols is 1. The molecule has 6 nitrogen and oxygen atoms in total. The summed E-state index contributed by atoms with van der Waals surface area (Å²) in [6, 6.07) is 2.97. The average Bonchev–Trinajstić information content (AvgIpc) is 2.98. The maximum absolute atomic E-state index is 12.9. The van der Waals surface area contributed by atoms with Gasteiger partial charge >= 0.3 is 5.97 Å². The van der Waals surface area contributed by atoms with Gasteiger partial charge in [0, 0.05) is 5.41 Å². The normalized spacial score (nSPS) is 36.4. The molecule has 0 bridgehead atoms. The van der Waals surface area contributed by atoms with Crippen LogP contribution in [0.1, 0.15) is 61.5 Å². The third-order valence-electron chi connectivity index (χ3n) is 7.93. The summed E-state index contributed by atoms with van der Waals surface area (Å²) in [5.41, 5.74) is -0.144. The van der Waals surface area contributed by atoms with Crippen molar-refractivity contribution in [1.29, 1.82) is 0 Å². The van der Waals surface area contributed by atoms with Crippen molar-refractivity contribution in [3.63, 3.8) is 0 Å². The van der Waals surface area contributed by atoms with Gasteiger partial charge in [-0.05, 0) is 66.2 Å². The average molecular weight is 417 g/mol. The Kier molecular flexibility index (Phi) is 4.84. The molecule has 0 aromatic heterocycles. The Labute approximate surface area is 177 Å². The van der Waals surface area contributed by atoms with E-state index in [-0.39, 0.29) is 35.9 Å². The molecule has 3 aliphatic rings. The molecule has 0 heterocycles. The summed E-state index contributed by atoms with van der Waals surface area (Å²) in [5, 5.41) is 41.3. The summed E-state index contributed by atoms with van der Waals surface area (Å²) < 4.78 is 5.71. The van der Waals surface area contributed by atoms with Gasteiger partial charge in [-0.2, -0.15) is 0 Å². The van der Waals surface area contributed by atoms with E-state index in [0.717, 1.165) is 12.8 Å². The summed E-state index contributed by atoms with van der Waals surface area (Å²) in [5.74, 6) is -0.387. The highest BCUT2D eigenvalue weighted by molar-refractivity contribution is 5.94. The maximum atomic E-state index is 12.9. The van der Waals surface area contributed by atoms with Gasteiger partial charge in [-0.25, -0.2) is 4.79 Å². The predicted octanol–water partition coefficient (Wildman–Crippen LogP) is 2.84. The molecule has 2 fully saturated rings. The zero-order valence-corrected chi connectivity index (χ0v) is 18.1. The van der Waals surface area contributed by atoms with Gasteiger partial charge in [-0.1, -0.05) is 32.9 Å². The van der Waals surface area contributed by atoms with Crippen molar-refractivity contribution in [3.8, 4) is 5.75 Å². The Morgan fingerprint density at radius 3 is 2.43 bits per heavy atom. The minimum atomic E-state index is -1.41. The van der Waals surface area contributed by atoms with Gasteiger partial charge in [-0.3, -0.25) is 0 Å². The van der Waals surface area contributed by atoms with E-state index in [4.69, 9.17) is 4.74 Å². The van der Waals surface area contributed by atoms with E-state index in [1.54, 1.807) is 13.0 Å². The molecule has 6 heteroatoms. The van der Waals surface area contributed by atoms with Crippen molar-refractivity contribution in [2.45, 2.75) is 65.3 Å². The number of allylic oxidation sites excluding steroid dienone is 1. The van der Waals surface area contributed by atoms with Crippen LogP contribution in [0.25, 0.3) is 0 Å². The van der Waals surface area contributed by atoms with Gasteiger partial charge in [0.25, 0.3) is 0 Å². The van der Waals surface area contributed by atoms with E-state index in [1.807, 2.05) is 13.0 Å². The van der Waals surface area contributed by atoms with Gasteiger partial charge < -0.3 is 25.2 Å². The van der Waals surface area contributed by atoms with E-state index in [2.05, 4.69) is 13.8 Å². The number of rotatable bonds is 4. The van der Waals surface area contributed by atoms with Crippen LogP contribution in [0.5, 0.6) is 5.75 Å². The van der Waals surface area contributed by atoms with Crippen molar-refractivity contribution in [2.24, 2.45) is 22.7 Å². The molecule has 5 atom stereocenters. The minimum Gasteiger partial charge on any atom is -0.507 e. The predicted molar refractivity (Wildman–Crippen MR) is 111 cm³/mol. The highest BCUT2D eigenvalue weighted by Crippen LogP contribution is 2.68. The van der Waals surface area contributed by atoms with Crippen LogP contribution in [-0.4, -0.2) is 44.7 Å². The number of benzene rings is 1. The summed E-state index contributed by atoms with van der Waals surface area (Å²) >= 11 is 0. The second-order valence-corrected chi connectivity index (χ2v) is 10.4. The number of carbonyl (C=O) groups is 1. The molecule has 0 radical (unpaired) electrons. The zero-order chi connectivity index (χ0) is 22.1. The smallest absolute Gasteiger partial charge is 0.342 e. The third-order valence-corrected chi connectivity index (χ3v) is 7.93. The third kappa shape index (κ3) is 2.84. The molecule has 0 amide bonds. The molecule has 0 saturated heterocycles. The second-order valence-electron chi connectivity index (χ2n) is 10.4. The summed E-state index contributed by atoms with van der Waals surface area (Å²) in [7, 11) is 0. The van der Waals surface area contributed by atoms with Crippen molar-refractivity contribution in [3.05, 3.63) is 40.5 Å². The minimum absolute atomic E-state index is 0.0367. The SMILES string of the molecule is Cc1cc(CO)cc(O)c1C(=O)O[C@@H]1C[C@]2(C)C3CC(C)(C)CC3C=C(CO)[C@]12O. The first kappa shape index (κ1) is 21.3. The van der Waals surface area contributed by atoms with Crippen LogP contribution in [0.2, 0.25) is 0 Å². The first-order valence-corrected chi connectivity index (χ1v) is 10.7. The highest BCUT2D eigenvalue weighted by Gasteiger charge is 2.72. The summed E-state index contributed by atoms with van der Waals surface area (Å²) in [4.78, 5) is 12.9. The lowest BCUT2D eigenvalue weighted by Gasteiger charge is -2.65. The van der Waals surface area contributed by atoms with Crippen molar-refractivity contribution < 1.29 is 30.0 Å². The van der Waals surface area contributed by atoms with E-state index in [9.17, 15) is 25.2 Å². The number of hydrogen-bond acceptors (Lipinski definition) is 6. The lowest BCUT2D eigenvalue weighted by molar-refractivity contribution is -0.250. The Hall–Kier alpha value is -1.89. The molecule has 2 saturated carbocycles. The molecule has 30 heavy (non-hydrogen) atoms. The molecule has 3 aliphatic carbocycles. The molecular formula is C24H32O6. The molecular weight excluding hydrogens is 384 g/mol. The van der Waals surface area contributed by atoms with E-state index in [1.165, 1.54) is 6.07 Å². The lowest BCUT2D eigenvalue weighted by atomic mass is 9.44. The number of aryl methyl sites for hydroxylation is 1. The van der Waals surface area contributed by atoms with Crippen LogP contribution in [0.3, 0.4) is 0 Å². The summed E-state index contributed by atoms with van der Waals surface area (Å²) in [6.45, 7) is 7.65. The number of phenolic OH excluding ortho intramolecular Hbond substituents is 1. The molecule has 1 aromatic rings. The number of hydrogen-bond donors (Lipinski definition) is 4. The quantitative estimate of drug-likeness (QED) is 0.444. The number of esters is 1. The van der Waals surface area contributed by atoms with Crippen molar-refractivity contribution in [2.75, 3.05) is 6.61 Å². The maximum Gasteiger partial charge on any atom is 0.342 e. The number of ether oxygens (including phenoxy) is 1. The Morgan fingerprint density at radius 2 is 1.83 bits per heavy atom. The van der Waals surface area contributed by atoms with Crippen molar-refractivity contribution >= 4 is 5.97 Å². The topological polar surface area (TPSA) is 107 Å². The molecule has 4 N–H and O–H groups in total. The first-order chi connectivity index (χ1) is 14.0. The lowest BCUT2D eigenvalue weighted by Crippen LogP contribution is -2.73. The number of aliphatic hydroxyl groups is 3. The van der Waals surface area contributed by atoms with Crippen LogP contribution >= 0.6 is 0 Å². The molecule has 0 spiro atoms. The Bertz CT molecular complexity index is 895. The number of aliphatic hydroxyl groups excluding tert-OH is 2. The highest BCUT2D eigenvalue weighted by atomic mass is 16.6. The molecule has 4 rings (SSSR count). The second kappa shape index (κ2) is 6.81. The zero-order valence-electron chi connectivity index (χ0n) is 18.1. The fourth-order valence-electron chi connectivity index (χ4n) is 6.49. The van der Waals surface area contributed by atoms with Gasteiger partial charge in [0.05, 0.1) is 13.2 Å². The fourth-order valence-corrected chi connectivity index (χ4v) is 6.49. The van der Waals surface area contributed by atoms with Crippen LogP contribution < -0.4 is 0 Å². The fraction of sp³-hybridized carbons (Fsp3) is 0.625. The van der Waals surface area contributed by atoms with Crippen LogP contribution in [0.4, 0.5) is 0 Å². The Balaban J connectivity index is 1.63. The van der Waals surface area contributed by atoms with Gasteiger partial charge in [0.15, 0.2) is 0 Å².